The molecule has 2 aliphatic heterocycles. The van der Waals surface area contributed by atoms with Gasteiger partial charge in [-0.05, 0) is 48.5 Å². The molecule has 186 valence electrons. The molecule has 0 radical (unpaired) electrons. The Bertz CT molecular complexity index is 1430. The van der Waals surface area contributed by atoms with Crippen molar-refractivity contribution in [3.63, 3.8) is 0 Å². The maximum Gasteiger partial charge on any atom is 0.308 e. The number of nitrogens with zero attached hydrogens (tertiary/aromatic N) is 2. The Hall–Kier alpha value is -3.44. The van der Waals surface area contributed by atoms with Crippen molar-refractivity contribution in [3.05, 3.63) is 68.9 Å². The number of carbonyl (C=O) groups excluding carboxylic acids is 3. The van der Waals surface area contributed by atoms with Crippen LogP contribution in [-0.2, 0) is 26.3 Å². The molecule has 2 unspecified atom stereocenters. The first-order valence-corrected chi connectivity index (χ1v) is 12.8. The average Bonchev–Trinajstić information content (AvgIpc) is 3.29. The number of methoxy groups -OCH3 is 1. The van der Waals surface area contributed by atoms with Gasteiger partial charge >= 0.3 is 4.87 Å². The van der Waals surface area contributed by atoms with Gasteiger partial charge in [-0.2, -0.15) is 0 Å². The summed E-state index contributed by atoms with van der Waals surface area (Å²) in [6.07, 6.45) is 0. The summed E-state index contributed by atoms with van der Waals surface area (Å²) in [6, 6.07) is 12.0. The minimum atomic E-state index is -0.825. The van der Waals surface area contributed by atoms with Gasteiger partial charge in [0.15, 0.2) is 0 Å². The predicted molar refractivity (Wildman–Crippen MR) is 135 cm³/mol. The second kappa shape index (κ2) is 8.90. The van der Waals surface area contributed by atoms with Crippen LogP contribution >= 0.6 is 23.1 Å². The summed E-state index contributed by atoms with van der Waals surface area (Å²) in [7, 11) is 1.55. The molecule has 2 atom stereocenters. The SMILES string of the molecule is COc1ccc(NC(=O)Cn2c3c(sc2=O)C(C)(C)C2C(=O)N(c4ccc(F)cc4)C(=O)C2S3)cc1. The molecule has 11 heteroatoms. The van der Waals surface area contributed by atoms with Crippen LogP contribution in [0.1, 0.15) is 18.7 Å². The van der Waals surface area contributed by atoms with Gasteiger partial charge in [0.2, 0.25) is 17.7 Å². The third-order valence-electron chi connectivity index (χ3n) is 6.46. The lowest BCUT2D eigenvalue weighted by molar-refractivity contribution is -0.123. The van der Waals surface area contributed by atoms with E-state index in [9.17, 15) is 23.6 Å². The molecule has 1 N–H and O–H groups in total. The molecule has 3 aromatic rings. The van der Waals surface area contributed by atoms with Crippen LogP contribution in [0, 0.1) is 11.7 Å². The third-order valence-corrected chi connectivity index (χ3v) is 9.29. The number of thiazole rings is 1. The molecular weight excluding hydrogens is 505 g/mol. The standard InChI is InChI=1S/C25H22FN3O5S2/c1-25(2)18-19(22(32)29(21(18)31)15-8-4-13(26)5-9-15)35-23-20(25)36-24(33)28(23)12-17(30)27-14-6-10-16(34-3)11-7-14/h4-11,18-19H,12H2,1-3H3,(H,27,30). The number of hydrogen-bond donors (Lipinski definition) is 1. The average molecular weight is 528 g/mol. The van der Waals surface area contributed by atoms with E-state index in [1.165, 1.54) is 28.8 Å². The van der Waals surface area contributed by atoms with Crippen LogP contribution in [-0.4, -0.2) is 34.6 Å². The first kappa shape index (κ1) is 24.3. The second-order valence-electron chi connectivity index (χ2n) is 9.09. The van der Waals surface area contributed by atoms with Crippen LogP contribution in [0.2, 0.25) is 0 Å². The summed E-state index contributed by atoms with van der Waals surface area (Å²) < 4.78 is 19.9. The third kappa shape index (κ3) is 3.92. The number of aromatic nitrogens is 1. The van der Waals surface area contributed by atoms with Crippen molar-refractivity contribution in [1.82, 2.24) is 4.57 Å². The molecule has 1 aromatic heterocycles. The number of imide groups is 1. The number of nitrogens with one attached hydrogen (secondary N) is 1. The molecule has 0 bridgehead atoms. The monoisotopic (exact) mass is 527 g/mol. The predicted octanol–water partition coefficient (Wildman–Crippen LogP) is 3.64. The fourth-order valence-corrected chi connectivity index (χ4v) is 7.67. The molecule has 8 nitrogen and oxygen atoms in total. The Labute approximate surface area is 214 Å². The quantitative estimate of drug-likeness (QED) is 0.509. The number of hydrogen-bond acceptors (Lipinski definition) is 7. The first-order valence-electron chi connectivity index (χ1n) is 11.1. The number of halogens is 1. The summed E-state index contributed by atoms with van der Waals surface area (Å²) in [5.41, 5.74) is 0.0308. The van der Waals surface area contributed by atoms with Crippen LogP contribution in [0.5, 0.6) is 5.75 Å². The molecule has 3 amide bonds. The van der Waals surface area contributed by atoms with Crippen molar-refractivity contribution in [2.75, 3.05) is 17.3 Å². The zero-order valence-electron chi connectivity index (χ0n) is 19.6. The number of amides is 3. The number of fused-ring (bicyclic) bond motifs is 2. The summed E-state index contributed by atoms with van der Waals surface area (Å²) in [4.78, 5) is 53.9. The minimum absolute atomic E-state index is 0.235. The molecule has 0 aliphatic carbocycles. The van der Waals surface area contributed by atoms with Gasteiger partial charge in [-0.15, -0.1) is 0 Å². The number of benzene rings is 2. The van der Waals surface area contributed by atoms with Gasteiger partial charge in [-0.25, -0.2) is 9.29 Å². The normalized spacial score (nSPS) is 20.2. The number of rotatable bonds is 5. The van der Waals surface area contributed by atoms with E-state index in [0.29, 0.717) is 27.0 Å². The zero-order chi connectivity index (χ0) is 25.8. The summed E-state index contributed by atoms with van der Waals surface area (Å²) in [6.45, 7) is 3.43. The van der Waals surface area contributed by atoms with Crippen molar-refractivity contribution in [2.45, 2.75) is 36.1 Å². The van der Waals surface area contributed by atoms with Crippen molar-refractivity contribution in [3.8, 4) is 5.75 Å². The van der Waals surface area contributed by atoms with E-state index >= 15 is 0 Å². The maximum atomic E-state index is 13.4. The minimum Gasteiger partial charge on any atom is -0.497 e. The topological polar surface area (TPSA) is 97.7 Å². The largest absolute Gasteiger partial charge is 0.497 e. The highest BCUT2D eigenvalue weighted by atomic mass is 32.2. The van der Waals surface area contributed by atoms with E-state index in [1.54, 1.807) is 31.4 Å². The van der Waals surface area contributed by atoms with Crippen molar-refractivity contribution in [2.24, 2.45) is 5.92 Å². The van der Waals surface area contributed by atoms with E-state index in [4.69, 9.17) is 4.74 Å². The molecule has 3 heterocycles. The van der Waals surface area contributed by atoms with Crippen LogP contribution in [0.4, 0.5) is 15.8 Å². The lowest BCUT2D eigenvalue weighted by Gasteiger charge is -2.36. The highest BCUT2D eigenvalue weighted by Gasteiger charge is 2.59. The van der Waals surface area contributed by atoms with Crippen molar-refractivity contribution in [1.29, 1.82) is 0 Å². The van der Waals surface area contributed by atoms with Crippen molar-refractivity contribution >= 4 is 52.2 Å². The Morgan fingerprint density at radius 2 is 1.72 bits per heavy atom. The lowest BCUT2D eigenvalue weighted by atomic mass is 9.76. The Morgan fingerprint density at radius 3 is 2.36 bits per heavy atom. The van der Waals surface area contributed by atoms with Crippen LogP contribution in [0.15, 0.2) is 58.4 Å². The summed E-state index contributed by atoms with van der Waals surface area (Å²) >= 11 is 2.12. The Morgan fingerprint density at radius 1 is 1.06 bits per heavy atom. The van der Waals surface area contributed by atoms with Gasteiger partial charge in [0.05, 0.1) is 23.7 Å². The number of thioether (sulfide) groups is 1. The van der Waals surface area contributed by atoms with E-state index in [0.717, 1.165) is 28.0 Å². The summed E-state index contributed by atoms with van der Waals surface area (Å²) in [5.74, 6) is -1.73. The maximum absolute atomic E-state index is 13.4. The molecule has 2 aliphatic rings. The number of anilines is 2. The van der Waals surface area contributed by atoms with Crippen LogP contribution < -0.4 is 19.8 Å². The van der Waals surface area contributed by atoms with E-state index in [-0.39, 0.29) is 17.3 Å². The molecular formula is C25H22FN3O5S2. The molecule has 0 saturated carbocycles. The van der Waals surface area contributed by atoms with E-state index < -0.39 is 34.2 Å². The Kier molecular flexibility index (Phi) is 6.00. The fraction of sp³-hybridized carbons (Fsp3) is 0.280. The first-order chi connectivity index (χ1) is 17.1. The fourth-order valence-electron chi connectivity index (χ4n) is 4.63. The smallest absolute Gasteiger partial charge is 0.308 e. The van der Waals surface area contributed by atoms with Gasteiger partial charge in [0, 0.05) is 16.0 Å². The molecule has 1 saturated heterocycles. The van der Waals surface area contributed by atoms with Gasteiger partial charge in [-0.3, -0.25) is 23.7 Å². The van der Waals surface area contributed by atoms with Gasteiger partial charge in [0.1, 0.15) is 23.4 Å². The molecule has 5 rings (SSSR count). The molecule has 36 heavy (non-hydrogen) atoms. The highest BCUT2D eigenvalue weighted by molar-refractivity contribution is 8.00. The van der Waals surface area contributed by atoms with E-state index in [2.05, 4.69) is 5.32 Å². The number of carbonyl (C=O) groups is 3. The lowest BCUT2D eigenvalue weighted by Crippen LogP contribution is -2.41. The molecule has 0 spiro atoms. The van der Waals surface area contributed by atoms with Crippen LogP contribution in [0.3, 0.4) is 0 Å². The second-order valence-corrected chi connectivity index (χ2v) is 11.2. The summed E-state index contributed by atoms with van der Waals surface area (Å²) in [5, 5.41) is 2.51. The Balaban J connectivity index is 1.44. The van der Waals surface area contributed by atoms with Crippen LogP contribution in [0.25, 0.3) is 0 Å². The highest BCUT2D eigenvalue weighted by Crippen LogP contribution is 2.54. The van der Waals surface area contributed by atoms with Gasteiger partial charge in [-0.1, -0.05) is 36.9 Å². The van der Waals surface area contributed by atoms with E-state index in [1.807, 2.05) is 13.8 Å². The van der Waals surface area contributed by atoms with Gasteiger partial charge < -0.3 is 10.1 Å². The zero-order valence-corrected chi connectivity index (χ0v) is 21.2. The molecule has 2 aromatic carbocycles. The van der Waals surface area contributed by atoms with Gasteiger partial charge in [0.25, 0.3) is 0 Å². The van der Waals surface area contributed by atoms with Crippen molar-refractivity contribution < 1.29 is 23.5 Å². The number of ether oxygens (including phenoxy) is 1. The molecule has 1 fully saturated rings.